The third kappa shape index (κ3) is 3.21. The number of hydrogen-bond acceptors (Lipinski definition) is 5. The molecule has 3 N–H and O–H groups in total. The number of anilines is 1. The minimum Gasteiger partial charge on any atom is -0.378 e. The van der Waals surface area contributed by atoms with Gasteiger partial charge in [0.05, 0.1) is 12.3 Å². The summed E-state index contributed by atoms with van der Waals surface area (Å²) in [5.41, 5.74) is 8.29. The van der Waals surface area contributed by atoms with E-state index in [1.54, 1.807) is 7.11 Å². The number of nitrogens with one attached hydrogen (secondary N) is 1. The predicted molar refractivity (Wildman–Crippen MR) is 75.2 cm³/mol. The number of rotatable bonds is 7. The Kier molecular flexibility index (Phi) is 4.70. The second-order valence-corrected chi connectivity index (χ2v) is 4.39. The first kappa shape index (κ1) is 13.8. The lowest BCUT2D eigenvalue weighted by molar-refractivity contribution is 0.181. The van der Waals surface area contributed by atoms with Gasteiger partial charge in [-0.2, -0.15) is 9.61 Å². The minimum absolute atomic E-state index is 0.493. The number of ether oxygens (including phenoxy) is 1. The van der Waals surface area contributed by atoms with Crippen molar-refractivity contribution in [3.8, 4) is 0 Å². The summed E-state index contributed by atoms with van der Waals surface area (Å²) in [7, 11) is 1.66. The summed E-state index contributed by atoms with van der Waals surface area (Å²) >= 11 is 0. The molecule has 104 valence electrons. The molecule has 0 aliphatic heterocycles. The zero-order valence-corrected chi connectivity index (χ0v) is 11.5. The number of nitrogens with two attached hydrogens (primary N) is 1. The lowest BCUT2D eigenvalue weighted by Gasteiger charge is -2.09. The van der Waals surface area contributed by atoms with Crippen molar-refractivity contribution >= 4 is 11.5 Å². The van der Waals surface area contributed by atoms with E-state index < -0.39 is 0 Å². The molecule has 19 heavy (non-hydrogen) atoms. The predicted octanol–water partition coefficient (Wildman–Crippen LogP) is 1.20. The maximum absolute atomic E-state index is 5.51. The van der Waals surface area contributed by atoms with Gasteiger partial charge in [0.15, 0.2) is 5.65 Å². The van der Waals surface area contributed by atoms with Crippen LogP contribution in [0.2, 0.25) is 0 Å². The molecular weight excluding hydrogens is 242 g/mol. The average molecular weight is 263 g/mol. The summed E-state index contributed by atoms with van der Waals surface area (Å²) in [4.78, 5) is 4.57. The van der Waals surface area contributed by atoms with Crippen molar-refractivity contribution in [2.45, 2.75) is 26.4 Å². The van der Waals surface area contributed by atoms with Crippen molar-refractivity contribution in [2.75, 3.05) is 25.5 Å². The van der Waals surface area contributed by atoms with Crippen LogP contribution in [-0.2, 0) is 17.8 Å². The molecule has 0 aliphatic rings. The summed E-state index contributed by atoms with van der Waals surface area (Å²) in [6, 6.07) is 3.99. The van der Waals surface area contributed by atoms with Gasteiger partial charge in [-0.05, 0) is 19.4 Å². The van der Waals surface area contributed by atoms with Crippen LogP contribution in [0.1, 0.15) is 24.7 Å². The fourth-order valence-corrected chi connectivity index (χ4v) is 1.92. The Bertz CT molecular complexity index is 537. The van der Waals surface area contributed by atoms with E-state index in [4.69, 9.17) is 10.5 Å². The van der Waals surface area contributed by atoms with E-state index in [1.807, 2.05) is 16.6 Å². The lowest BCUT2D eigenvalue weighted by atomic mass is 10.3. The maximum Gasteiger partial charge on any atom is 0.157 e. The fraction of sp³-hybridized carbons (Fsp3) is 0.538. The molecule has 0 unspecified atom stereocenters. The summed E-state index contributed by atoms with van der Waals surface area (Å²) in [6.07, 6.45) is 1.82. The van der Waals surface area contributed by atoms with Crippen molar-refractivity contribution in [1.29, 1.82) is 0 Å². The third-order valence-electron chi connectivity index (χ3n) is 2.87. The molecule has 6 heteroatoms. The average Bonchev–Trinajstić information content (AvgIpc) is 2.81. The van der Waals surface area contributed by atoms with Crippen molar-refractivity contribution in [1.82, 2.24) is 14.6 Å². The Labute approximate surface area is 113 Å². The van der Waals surface area contributed by atoms with E-state index in [1.165, 1.54) is 0 Å². The van der Waals surface area contributed by atoms with E-state index in [0.29, 0.717) is 13.2 Å². The van der Waals surface area contributed by atoms with Gasteiger partial charge in [-0.3, -0.25) is 0 Å². The van der Waals surface area contributed by atoms with Gasteiger partial charge in [0.1, 0.15) is 5.82 Å². The smallest absolute Gasteiger partial charge is 0.157 e. The SMILES string of the molecule is CCc1cc(NCCCN)n2nc(COC)cc2n1. The number of nitrogens with zero attached hydrogens (tertiary/aromatic N) is 3. The van der Waals surface area contributed by atoms with Crippen LogP contribution < -0.4 is 11.1 Å². The molecule has 0 spiro atoms. The molecule has 0 aromatic carbocycles. The summed E-state index contributed by atoms with van der Waals surface area (Å²) in [5.74, 6) is 0.956. The zero-order chi connectivity index (χ0) is 13.7. The van der Waals surface area contributed by atoms with Crippen LogP contribution in [0.5, 0.6) is 0 Å². The maximum atomic E-state index is 5.51. The van der Waals surface area contributed by atoms with Crippen molar-refractivity contribution in [3.05, 3.63) is 23.5 Å². The van der Waals surface area contributed by atoms with E-state index in [2.05, 4.69) is 22.3 Å². The molecular formula is C13H21N5O. The highest BCUT2D eigenvalue weighted by Gasteiger charge is 2.08. The summed E-state index contributed by atoms with van der Waals surface area (Å²) in [6.45, 7) is 4.09. The van der Waals surface area contributed by atoms with Gasteiger partial charge in [0.2, 0.25) is 0 Å². The molecule has 0 fully saturated rings. The molecule has 0 radical (unpaired) electrons. The van der Waals surface area contributed by atoms with Gasteiger partial charge in [-0.1, -0.05) is 6.92 Å². The van der Waals surface area contributed by atoms with Gasteiger partial charge >= 0.3 is 0 Å². The molecule has 0 atom stereocenters. The van der Waals surface area contributed by atoms with Crippen molar-refractivity contribution < 1.29 is 4.74 Å². The second-order valence-electron chi connectivity index (χ2n) is 4.39. The Hall–Kier alpha value is -1.66. The summed E-state index contributed by atoms with van der Waals surface area (Å²) < 4.78 is 6.94. The first-order valence-electron chi connectivity index (χ1n) is 6.60. The van der Waals surface area contributed by atoms with Crippen LogP contribution in [0.15, 0.2) is 12.1 Å². The number of methoxy groups -OCH3 is 1. The molecule has 0 aliphatic carbocycles. The highest BCUT2D eigenvalue weighted by atomic mass is 16.5. The fourth-order valence-electron chi connectivity index (χ4n) is 1.92. The van der Waals surface area contributed by atoms with Gasteiger partial charge in [-0.15, -0.1) is 0 Å². The largest absolute Gasteiger partial charge is 0.378 e. The molecule has 6 nitrogen and oxygen atoms in total. The monoisotopic (exact) mass is 263 g/mol. The number of aromatic nitrogens is 3. The van der Waals surface area contributed by atoms with Gasteiger partial charge in [-0.25, -0.2) is 4.98 Å². The Morgan fingerprint density at radius 2 is 2.21 bits per heavy atom. The van der Waals surface area contributed by atoms with Crippen LogP contribution in [0.3, 0.4) is 0 Å². The molecule has 0 saturated heterocycles. The molecule has 2 heterocycles. The number of aryl methyl sites for hydroxylation is 1. The minimum atomic E-state index is 0.493. The molecule has 2 rings (SSSR count). The normalized spacial score (nSPS) is 11.1. The van der Waals surface area contributed by atoms with Crippen LogP contribution >= 0.6 is 0 Å². The van der Waals surface area contributed by atoms with Crippen molar-refractivity contribution in [2.24, 2.45) is 5.73 Å². The number of fused-ring (bicyclic) bond motifs is 1. The molecule has 0 amide bonds. The highest BCUT2D eigenvalue weighted by Crippen LogP contribution is 2.15. The second kappa shape index (κ2) is 6.49. The van der Waals surface area contributed by atoms with Gasteiger partial charge in [0.25, 0.3) is 0 Å². The van der Waals surface area contributed by atoms with Crippen LogP contribution in [-0.4, -0.2) is 34.8 Å². The van der Waals surface area contributed by atoms with E-state index in [9.17, 15) is 0 Å². The first-order chi connectivity index (χ1) is 9.28. The van der Waals surface area contributed by atoms with Gasteiger partial charge < -0.3 is 15.8 Å². The van der Waals surface area contributed by atoms with Crippen LogP contribution in [0.4, 0.5) is 5.82 Å². The van der Waals surface area contributed by atoms with Crippen LogP contribution in [0, 0.1) is 0 Å². The highest BCUT2D eigenvalue weighted by molar-refractivity contribution is 5.50. The lowest BCUT2D eigenvalue weighted by Crippen LogP contribution is -2.12. The molecule has 0 saturated carbocycles. The Morgan fingerprint density at radius 3 is 2.89 bits per heavy atom. The molecule has 2 aromatic heterocycles. The Balaban J connectivity index is 2.34. The van der Waals surface area contributed by atoms with E-state index in [0.717, 1.165) is 42.2 Å². The Morgan fingerprint density at radius 1 is 1.37 bits per heavy atom. The van der Waals surface area contributed by atoms with Crippen molar-refractivity contribution in [3.63, 3.8) is 0 Å². The molecule has 0 bridgehead atoms. The quantitative estimate of drug-likeness (QED) is 0.734. The number of hydrogen-bond donors (Lipinski definition) is 2. The standard InChI is InChI=1S/C13H21N5O/c1-3-10-7-12(15-6-4-5-14)18-13(16-10)8-11(17-18)9-19-2/h7-8,15H,3-6,9,14H2,1-2H3. The summed E-state index contributed by atoms with van der Waals surface area (Å²) in [5, 5.41) is 7.85. The van der Waals surface area contributed by atoms with E-state index >= 15 is 0 Å². The topological polar surface area (TPSA) is 77.5 Å². The third-order valence-corrected chi connectivity index (χ3v) is 2.87. The van der Waals surface area contributed by atoms with E-state index in [-0.39, 0.29) is 0 Å². The molecule has 2 aromatic rings. The first-order valence-corrected chi connectivity index (χ1v) is 6.60. The van der Waals surface area contributed by atoms with Gasteiger partial charge in [0, 0.05) is 31.5 Å². The zero-order valence-electron chi connectivity index (χ0n) is 11.5. The van der Waals surface area contributed by atoms with Crippen LogP contribution in [0.25, 0.3) is 5.65 Å².